The van der Waals surface area contributed by atoms with Crippen LogP contribution in [0.1, 0.15) is 53.3 Å². The average molecular weight is 561 g/mol. The molecule has 0 saturated carbocycles. The Hall–Kier alpha value is -3.93. The molecule has 212 valence electrons. The Morgan fingerprint density at radius 1 is 1.02 bits per heavy atom. The molecule has 1 saturated heterocycles. The summed E-state index contributed by atoms with van der Waals surface area (Å²) in [6.07, 6.45) is -4.24. The van der Waals surface area contributed by atoms with E-state index in [9.17, 15) is 37.1 Å². The van der Waals surface area contributed by atoms with E-state index in [-0.39, 0.29) is 13.0 Å². The predicted molar refractivity (Wildman–Crippen MR) is 138 cm³/mol. The van der Waals surface area contributed by atoms with Crippen molar-refractivity contribution in [3.63, 3.8) is 0 Å². The zero-order chi connectivity index (χ0) is 28.7. The number of hydrogen-bond acceptors (Lipinski definition) is 4. The van der Waals surface area contributed by atoms with Gasteiger partial charge in [-0.3, -0.25) is 13.9 Å². The van der Waals surface area contributed by atoms with Gasteiger partial charge in [0, 0.05) is 22.2 Å². The first-order valence-corrected chi connectivity index (χ1v) is 13.0. The van der Waals surface area contributed by atoms with Gasteiger partial charge in [-0.2, -0.15) is 13.2 Å². The first-order chi connectivity index (χ1) is 19.0. The lowest BCUT2D eigenvalue weighted by atomic mass is 9.75. The number of hydrogen-bond donors (Lipinski definition) is 3. The van der Waals surface area contributed by atoms with Crippen molar-refractivity contribution < 1.29 is 27.5 Å². The minimum atomic E-state index is -4.86. The Kier molecular flexibility index (Phi) is 7.30. The summed E-state index contributed by atoms with van der Waals surface area (Å²) in [5, 5.41) is 15.0. The molecule has 1 spiro atoms. The van der Waals surface area contributed by atoms with Crippen LogP contribution >= 0.6 is 0 Å². The molecule has 1 aromatic heterocycles. The molecule has 5 rings (SSSR count). The Morgan fingerprint density at radius 2 is 1.73 bits per heavy atom. The van der Waals surface area contributed by atoms with Crippen molar-refractivity contribution in [2.45, 2.75) is 56.4 Å². The average Bonchev–Trinajstić information content (AvgIpc) is 3.27. The quantitative estimate of drug-likeness (QED) is 0.398. The van der Waals surface area contributed by atoms with Crippen LogP contribution in [0.25, 0.3) is 0 Å². The molecular formula is C28H28F4N4O4. The SMILES string of the molecule is O=C(O)NC(Cn1c(=O)c2c(n(Cc3c(F)cccc3C(F)(F)F)c1=O)CCC21CCNCC1)c1ccccc1. The van der Waals surface area contributed by atoms with Crippen molar-refractivity contribution in [1.82, 2.24) is 19.8 Å². The number of nitrogens with zero attached hydrogens (tertiary/aromatic N) is 2. The van der Waals surface area contributed by atoms with Gasteiger partial charge in [-0.05, 0) is 56.5 Å². The molecule has 2 heterocycles. The van der Waals surface area contributed by atoms with Crippen LogP contribution in [0.2, 0.25) is 0 Å². The van der Waals surface area contributed by atoms with Crippen LogP contribution in [0, 0.1) is 5.82 Å². The van der Waals surface area contributed by atoms with E-state index in [2.05, 4.69) is 10.6 Å². The number of alkyl halides is 3. The van der Waals surface area contributed by atoms with Crippen LogP contribution < -0.4 is 21.9 Å². The molecule has 8 nitrogen and oxygen atoms in total. The summed E-state index contributed by atoms with van der Waals surface area (Å²) in [5.74, 6) is -1.11. The summed E-state index contributed by atoms with van der Waals surface area (Å²) < 4.78 is 58.4. The second kappa shape index (κ2) is 10.6. The minimum Gasteiger partial charge on any atom is -0.465 e. The van der Waals surface area contributed by atoms with E-state index < -0.39 is 58.5 Å². The zero-order valence-electron chi connectivity index (χ0n) is 21.4. The van der Waals surface area contributed by atoms with Crippen molar-refractivity contribution in [3.8, 4) is 0 Å². The van der Waals surface area contributed by atoms with E-state index >= 15 is 0 Å². The Balaban J connectivity index is 1.72. The highest BCUT2D eigenvalue weighted by Gasteiger charge is 2.45. The molecule has 2 aliphatic rings. The number of amides is 1. The second-order valence-corrected chi connectivity index (χ2v) is 10.3. The van der Waals surface area contributed by atoms with Gasteiger partial charge in [0.25, 0.3) is 5.56 Å². The monoisotopic (exact) mass is 560 g/mol. The molecule has 1 amide bonds. The lowest BCUT2D eigenvalue weighted by molar-refractivity contribution is -0.138. The highest BCUT2D eigenvalue weighted by Crippen LogP contribution is 2.43. The number of carboxylic acid groups (broad SMARTS) is 1. The molecule has 1 aliphatic heterocycles. The molecule has 12 heteroatoms. The van der Waals surface area contributed by atoms with E-state index in [4.69, 9.17) is 0 Å². The maximum absolute atomic E-state index is 14.9. The van der Waals surface area contributed by atoms with E-state index in [0.29, 0.717) is 49.2 Å². The Labute approximate surface area is 226 Å². The summed E-state index contributed by atoms with van der Waals surface area (Å²) in [5.41, 5.74) is -2.83. The van der Waals surface area contributed by atoms with Crippen LogP contribution in [0.5, 0.6) is 0 Å². The van der Waals surface area contributed by atoms with Gasteiger partial charge < -0.3 is 15.7 Å². The summed E-state index contributed by atoms with van der Waals surface area (Å²) in [6.45, 7) is 0.131. The van der Waals surface area contributed by atoms with Crippen molar-refractivity contribution in [2.24, 2.45) is 0 Å². The largest absolute Gasteiger partial charge is 0.465 e. The zero-order valence-corrected chi connectivity index (χ0v) is 21.4. The number of benzene rings is 2. The highest BCUT2D eigenvalue weighted by molar-refractivity contribution is 5.65. The van der Waals surface area contributed by atoms with Crippen molar-refractivity contribution in [2.75, 3.05) is 13.1 Å². The molecule has 1 fully saturated rings. The van der Waals surface area contributed by atoms with Gasteiger partial charge in [-0.1, -0.05) is 36.4 Å². The number of halogens is 4. The first kappa shape index (κ1) is 27.6. The standard InChI is InChI=1S/C28H28F4N4O4/c29-20-8-4-7-19(28(30,31)32)18(20)15-35-22-9-10-27(11-13-33-14-12-27)23(22)24(37)36(26(35)40)16-21(34-25(38)39)17-5-2-1-3-6-17/h1-8,21,33-34H,9-16H2,(H,38,39). The van der Waals surface area contributed by atoms with Gasteiger partial charge >= 0.3 is 18.0 Å². The van der Waals surface area contributed by atoms with Gasteiger partial charge in [-0.15, -0.1) is 0 Å². The summed E-state index contributed by atoms with van der Waals surface area (Å²) >= 11 is 0. The Bertz CT molecular complexity index is 1540. The fourth-order valence-corrected chi connectivity index (χ4v) is 6.14. The molecule has 1 unspecified atom stereocenters. The number of aromatic nitrogens is 2. The third-order valence-electron chi connectivity index (χ3n) is 8.07. The van der Waals surface area contributed by atoms with Gasteiger partial charge in [0.15, 0.2) is 0 Å². The van der Waals surface area contributed by atoms with Crippen LogP contribution in [0.4, 0.5) is 22.4 Å². The maximum Gasteiger partial charge on any atom is 0.416 e. The fraction of sp³-hybridized carbons (Fsp3) is 0.393. The minimum absolute atomic E-state index is 0.284. The summed E-state index contributed by atoms with van der Waals surface area (Å²) in [6, 6.07) is 9.98. The molecule has 2 aromatic carbocycles. The van der Waals surface area contributed by atoms with E-state index in [1.165, 1.54) is 0 Å². The maximum atomic E-state index is 14.9. The summed E-state index contributed by atoms with van der Waals surface area (Å²) in [4.78, 5) is 39.5. The molecule has 3 aromatic rings. The third-order valence-corrected chi connectivity index (χ3v) is 8.07. The summed E-state index contributed by atoms with van der Waals surface area (Å²) in [7, 11) is 0. The van der Waals surface area contributed by atoms with Crippen LogP contribution in [0.3, 0.4) is 0 Å². The van der Waals surface area contributed by atoms with E-state index in [1.807, 2.05) is 0 Å². The van der Waals surface area contributed by atoms with E-state index in [1.54, 1.807) is 30.3 Å². The fourth-order valence-electron chi connectivity index (χ4n) is 6.14. The van der Waals surface area contributed by atoms with Crippen LogP contribution in [-0.4, -0.2) is 33.4 Å². The molecule has 0 bridgehead atoms. The van der Waals surface area contributed by atoms with Crippen molar-refractivity contribution in [3.05, 3.63) is 103 Å². The first-order valence-electron chi connectivity index (χ1n) is 13.0. The van der Waals surface area contributed by atoms with Gasteiger partial charge in [0.05, 0.1) is 24.7 Å². The van der Waals surface area contributed by atoms with Gasteiger partial charge in [0.2, 0.25) is 0 Å². The molecule has 0 radical (unpaired) electrons. The predicted octanol–water partition coefficient (Wildman–Crippen LogP) is 3.79. The number of nitrogens with one attached hydrogen (secondary N) is 2. The van der Waals surface area contributed by atoms with Crippen LogP contribution in [0.15, 0.2) is 58.1 Å². The normalized spacial score (nSPS) is 17.0. The number of piperidine rings is 1. The van der Waals surface area contributed by atoms with Crippen molar-refractivity contribution in [1.29, 1.82) is 0 Å². The topological polar surface area (TPSA) is 105 Å². The second-order valence-electron chi connectivity index (χ2n) is 10.3. The van der Waals surface area contributed by atoms with Crippen LogP contribution in [-0.2, 0) is 31.1 Å². The van der Waals surface area contributed by atoms with Crippen molar-refractivity contribution >= 4 is 6.09 Å². The molecule has 3 N–H and O–H groups in total. The smallest absolute Gasteiger partial charge is 0.416 e. The molecule has 40 heavy (non-hydrogen) atoms. The molecular weight excluding hydrogens is 532 g/mol. The number of rotatable bonds is 6. The third kappa shape index (κ3) is 5.03. The molecule has 1 aliphatic carbocycles. The lowest BCUT2D eigenvalue weighted by Gasteiger charge is -2.34. The lowest BCUT2D eigenvalue weighted by Crippen LogP contribution is -2.49. The molecule has 1 atom stereocenters. The Morgan fingerprint density at radius 3 is 2.38 bits per heavy atom. The van der Waals surface area contributed by atoms with E-state index in [0.717, 1.165) is 27.3 Å². The van der Waals surface area contributed by atoms with Gasteiger partial charge in [-0.25, -0.2) is 14.0 Å². The number of carbonyl (C=O) groups is 1. The van der Waals surface area contributed by atoms with Gasteiger partial charge in [0.1, 0.15) is 5.82 Å². The number of fused-ring (bicyclic) bond motifs is 2. The highest BCUT2D eigenvalue weighted by atomic mass is 19.4.